The Balaban J connectivity index is 2.04. The summed E-state index contributed by atoms with van der Waals surface area (Å²) in [6.07, 6.45) is 12.9. The van der Waals surface area contributed by atoms with Crippen LogP contribution in [0.4, 0.5) is 0 Å². The van der Waals surface area contributed by atoms with Crippen LogP contribution in [0.5, 0.6) is 0 Å². The van der Waals surface area contributed by atoms with Crippen LogP contribution in [-0.2, 0) is 10.8 Å². The highest BCUT2D eigenvalue weighted by Gasteiger charge is 2.27. The summed E-state index contributed by atoms with van der Waals surface area (Å²) in [5.74, 6) is 0. The lowest BCUT2D eigenvalue weighted by molar-refractivity contribution is 0.428. The van der Waals surface area contributed by atoms with Crippen molar-refractivity contribution >= 4 is 22.1 Å². The standard InChI is InChI=1S/C17H29NOS2/c1-18-15-11-8-6-4-2-3-5-7-9-12-16(15)21(19)17-13-10-14-20-17/h10,13-16,18H,2-9,11-12H2,1H3. The van der Waals surface area contributed by atoms with Gasteiger partial charge in [-0.15, -0.1) is 11.3 Å². The molecule has 0 radical (unpaired) electrons. The lowest BCUT2D eigenvalue weighted by atomic mass is 9.97. The first-order valence-electron chi connectivity index (χ1n) is 8.44. The van der Waals surface area contributed by atoms with Crippen molar-refractivity contribution in [3.63, 3.8) is 0 Å². The highest BCUT2D eigenvalue weighted by atomic mass is 32.2. The van der Waals surface area contributed by atoms with Gasteiger partial charge in [0, 0.05) is 6.04 Å². The van der Waals surface area contributed by atoms with Gasteiger partial charge in [-0.25, -0.2) is 0 Å². The minimum atomic E-state index is -0.855. The number of hydrogen-bond acceptors (Lipinski definition) is 3. The first kappa shape index (κ1) is 17.2. The predicted octanol–water partition coefficient (Wildman–Crippen LogP) is 4.73. The molecule has 0 aromatic carbocycles. The molecule has 1 aliphatic rings. The number of nitrogens with one attached hydrogen (secondary N) is 1. The van der Waals surface area contributed by atoms with E-state index in [1.165, 1.54) is 51.4 Å². The van der Waals surface area contributed by atoms with E-state index in [0.29, 0.717) is 6.04 Å². The Hall–Kier alpha value is -0.190. The number of hydrogen-bond donors (Lipinski definition) is 1. The van der Waals surface area contributed by atoms with Gasteiger partial charge in [0.1, 0.15) is 0 Å². The molecular weight excluding hydrogens is 298 g/mol. The van der Waals surface area contributed by atoms with E-state index in [4.69, 9.17) is 0 Å². The molecule has 1 N–H and O–H groups in total. The maximum absolute atomic E-state index is 12.9. The quantitative estimate of drug-likeness (QED) is 0.870. The summed E-state index contributed by atoms with van der Waals surface area (Å²) in [5.41, 5.74) is 0. The van der Waals surface area contributed by atoms with Gasteiger partial charge in [-0.05, 0) is 31.3 Å². The van der Waals surface area contributed by atoms with Crippen LogP contribution in [0, 0.1) is 0 Å². The Bertz CT molecular complexity index is 405. The number of rotatable bonds is 3. The Morgan fingerprint density at radius 1 is 1.05 bits per heavy atom. The minimum absolute atomic E-state index is 0.271. The Morgan fingerprint density at radius 3 is 2.24 bits per heavy atom. The van der Waals surface area contributed by atoms with Crippen molar-refractivity contribution in [3.8, 4) is 0 Å². The smallest absolute Gasteiger partial charge is 0.0914 e. The average molecular weight is 328 g/mol. The molecule has 2 nitrogen and oxygen atoms in total. The molecule has 1 aliphatic carbocycles. The van der Waals surface area contributed by atoms with Gasteiger partial charge < -0.3 is 5.32 Å². The SMILES string of the molecule is CNC1CCCCCCCCCCC1S(=O)c1cccs1. The third-order valence-corrected chi connectivity index (χ3v) is 7.63. The molecule has 1 fully saturated rings. The van der Waals surface area contributed by atoms with Crippen molar-refractivity contribution in [1.82, 2.24) is 5.32 Å². The highest BCUT2D eigenvalue weighted by molar-refractivity contribution is 7.88. The van der Waals surface area contributed by atoms with E-state index in [1.807, 2.05) is 24.6 Å². The fourth-order valence-corrected chi connectivity index (χ4v) is 6.10. The second-order valence-electron chi connectivity index (χ2n) is 6.07. The number of thiophene rings is 1. The lowest BCUT2D eigenvalue weighted by Gasteiger charge is -2.26. The van der Waals surface area contributed by atoms with Crippen LogP contribution >= 0.6 is 11.3 Å². The molecule has 2 rings (SSSR count). The van der Waals surface area contributed by atoms with Crippen molar-refractivity contribution in [2.45, 2.75) is 79.7 Å². The second-order valence-corrected chi connectivity index (χ2v) is 8.92. The van der Waals surface area contributed by atoms with Gasteiger partial charge in [0.05, 0.1) is 20.3 Å². The van der Waals surface area contributed by atoms with Crippen molar-refractivity contribution in [1.29, 1.82) is 0 Å². The van der Waals surface area contributed by atoms with E-state index in [2.05, 4.69) is 5.32 Å². The Labute approximate surface area is 136 Å². The predicted molar refractivity (Wildman–Crippen MR) is 93.5 cm³/mol. The largest absolute Gasteiger partial charge is 0.316 e. The molecule has 0 spiro atoms. The van der Waals surface area contributed by atoms with Crippen LogP contribution in [0.1, 0.15) is 64.2 Å². The van der Waals surface area contributed by atoms with Gasteiger partial charge in [0.25, 0.3) is 0 Å². The molecule has 4 heteroatoms. The van der Waals surface area contributed by atoms with Crippen LogP contribution < -0.4 is 5.32 Å². The van der Waals surface area contributed by atoms with Gasteiger partial charge >= 0.3 is 0 Å². The first-order valence-corrected chi connectivity index (χ1v) is 10.5. The molecular formula is C17H29NOS2. The molecule has 1 heterocycles. The summed E-state index contributed by atoms with van der Waals surface area (Å²) in [7, 11) is 1.18. The monoisotopic (exact) mass is 327 g/mol. The molecule has 0 saturated heterocycles. The fourth-order valence-electron chi connectivity index (χ4n) is 3.27. The van der Waals surface area contributed by atoms with Crippen LogP contribution in [0.15, 0.2) is 21.7 Å². The van der Waals surface area contributed by atoms with Crippen molar-refractivity contribution in [2.24, 2.45) is 0 Å². The van der Waals surface area contributed by atoms with Crippen molar-refractivity contribution in [3.05, 3.63) is 17.5 Å². The third-order valence-electron chi connectivity index (χ3n) is 4.54. The van der Waals surface area contributed by atoms with Gasteiger partial charge in [-0.2, -0.15) is 0 Å². The average Bonchev–Trinajstić information content (AvgIpc) is 3.01. The molecule has 3 atom stereocenters. The van der Waals surface area contributed by atoms with Crippen LogP contribution in [0.25, 0.3) is 0 Å². The summed E-state index contributed by atoms with van der Waals surface area (Å²) < 4.78 is 14.0. The normalized spacial score (nSPS) is 27.5. The molecule has 0 aliphatic heterocycles. The zero-order valence-corrected chi connectivity index (χ0v) is 14.8. The molecule has 120 valence electrons. The Morgan fingerprint density at radius 2 is 1.67 bits per heavy atom. The van der Waals surface area contributed by atoms with E-state index >= 15 is 0 Å². The van der Waals surface area contributed by atoms with Crippen LogP contribution in [-0.4, -0.2) is 22.5 Å². The van der Waals surface area contributed by atoms with E-state index < -0.39 is 10.8 Å². The van der Waals surface area contributed by atoms with E-state index in [9.17, 15) is 4.21 Å². The third kappa shape index (κ3) is 5.50. The van der Waals surface area contributed by atoms with E-state index in [0.717, 1.165) is 17.1 Å². The summed E-state index contributed by atoms with van der Waals surface area (Å²) in [4.78, 5) is 0. The molecule has 0 amide bonds. The highest BCUT2D eigenvalue weighted by Crippen LogP contribution is 2.26. The zero-order chi connectivity index (χ0) is 14.9. The molecule has 21 heavy (non-hydrogen) atoms. The molecule has 1 saturated carbocycles. The van der Waals surface area contributed by atoms with E-state index in [-0.39, 0.29) is 5.25 Å². The van der Waals surface area contributed by atoms with Crippen LogP contribution in [0.3, 0.4) is 0 Å². The summed E-state index contributed by atoms with van der Waals surface area (Å²) in [5, 5.41) is 5.77. The summed E-state index contributed by atoms with van der Waals surface area (Å²) in [6, 6.07) is 4.44. The molecule has 1 aromatic rings. The molecule has 3 unspecified atom stereocenters. The maximum Gasteiger partial charge on any atom is 0.0914 e. The summed E-state index contributed by atoms with van der Waals surface area (Å²) in [6.45, 7) is 0. The van der Waals surface area contributed by atoms with Gasteiger partial charge in [-0.3, -0.25) is 4.21 Å². The maximum atomic E-state index is 12.9. The topological polar surface area (TPSA) is 29.1 Å². The fraction of sp³-hybridized carbons (Fsp3) is 0.765. The minimum Gasteiger partial charge on any atom is -0.316 e. The Kier molecular flexibility index (Phi) is 7.97. The van der Waals surface area contributed by atoms with Gasteiger partial charge in [-0.1, -0.05) is 57.4 Å². The van der Waals surface area contributed by atoms with Crippen molar-refractivity contribution in [2.75, 3.05) is 7.05 Å². The lowest BCUT2D eigenvalue weighted by Crippen LogP contribution is -2.40. The first-order chi connectivity index (χ1) is 10.3. The van der Waals surface area contributed by atoms with Gasteiger partial charge in [0.2, 0.25) is 0 Å². The molecule has 1 aromatic heterocycles. The zero-order valence-electron chi connectivity index (χ0n) is 13.2. The van der Waals surface area contributed by atoms with E-state index in [1.54, 1.807) is 11.3 Å². The van der Waals surface area contributed by atoms with Crippen LogP contribution in [0.2, 0.25) is 0 Å². The summed E-state index contributed by atoms with van der Waals surface area (Å²) >= 11 is 1.64. The second kappa shape index (κ2) is 9.75. The molecule has 0 bridgehead atoms. The van der Waals surface area contributed by atoms with Gasteiger partial charge in [0.15, 0.2) is 0 Å². The van der Waals surface area contributed by atoms with Crippen molar-refractivity contribution < 1.29 is 4.21 Å².